The van der Waals surface area contributed by atoms with Gasteiger partial charge >= 0.3 is 0 Å². The first-order valence-corrected chi connectivity index (χ1v) is 23.7. The Bertz CT molecular complexity index is 3670. The van der Waals surface area contributed by atoms with Crippen LogP contribution in [0.1, 0.15) is 44.5 Å². The van der Waals surface area contributed by atoms with E-state index < -0.39 is 10.8 Å². The molecule has 0 atom stereocenters. The maximum Gasteiger partial charge on any atom is 0.0755 e. The molecule has 318 valence electrons. The summed E-state index contributed by atoms with van der Waals surface area (Å²) in [6, 6.07) is 99.4. The Morgan fingerprint density at radius 2 is 0.794 bits per heavy atom. The summed E-state index contributed by atoms with van der Waals surface area (Å²) in [5, 5.41) is 2.40. The van der Waals surface area contributed by atoms with Crippen molar-refractivity contribution in [3.63, 3.8) is 0 Å². The quantitative estimate of drug-likeness (QED) is 0.164. The summed E-state index contributed by atoms with van der Waals surface area (Å²) in [5.74, 6) is 0. The highest BCUT2D eigenvalue weighted by molar-refractivity contribution is 6.05. The second-order valence-corrected chi connectivity index (χ2v) is 18.3. The molecule has 0 amide bonds. The van der Waals surface area contributed by atoms with Crippen LogP contribution in [0.2, 0.25) is 0 Å². The fourth-order valence-electron chi connectivity index (χ4n) is 12.6. The van der Waals surface area contributed by atoms with E-state index in [0.29, 0.717) is 0 Å². The van der Waals surface area contributed by atoms with Crippen LogP contribution in [0, 0.1) is 0 Å². The Morgan fingerprint density at radius 3 is 1.49 bits per heavy atom. The van der Waals surface area contributed by atoms with E-state index in [4.69, 9.17) is 0 Å². The van der Waals surface area contributed by atoms with Crippen LogP contribution < -0.4 is 9.80 Å². The first-order chi connectivity index (χ1) is 33.8. The van der Waals surface area contributed by atoms with Gasteiger partial charge in [-0.25, -0.2) is 0 Å². The molecule has 1 heterocycles. The zero-order valence-corrected chi connectivity index (χ0v) is 37.3. The average Bonchev–Trinajstić information content (AvgIpc) is 3.88. The summed E-state index contributed by atoms with van der Waals surface area (Å²) in [6.45, 7) is 0. The minimum atomic E-state index is -0.597. The predicted molar refractivity (Wildman–Crippen MR) is 281 cm³/mol. The van der Waals surface area contributed by atoms with Gasteiger partial charge in [0.2, 0.25) is 0 Å². The first kappa shape index (κ1) is 38.5. The normalized spacial score (nSPS) is 14.1. The molecule has 11 aromatic carbocycles. The lowest BCUT2D eigenvalue weighted by Gasteiger charge is -2.45. The molecule has 2 nitrogen and oxygen atoms in total. The Balaban J connectivity index is 1.08. The molecule has 0 aromatic heterocycles. The number of benzene rings is 11. The predicted octanol–water partition coefficient (Wildman–Crippen LogP) is 16.8. The van der Waals surface area contributed by atoms with E-state index in [1.54, 1.807) is 0 Å². The van der Waals surface area contributed by atoms with E-state index in [0.717, 1.165) is 22.7 Å². The van der Waals surface area contributed by atoms with Crippen molar-refractivity contribution in [2.75, 3.05) is 9.80 Å². The summed E-state index contributed by atoms with van der Waals surface area (Å²) in [6.07, 6.45) is 0. The molecule has 0 saturated carbocycles. The van der Waals surface area contributed by atoms with Crippen LogP contribution in [-0.4, -0.2) is 0 Å². The Hall–Kier alpha value is -8.72. The van der Waals surface area contributed by atoms with E-state index in [2.05, 4.69) is 277 Å². The van der Waals surface area contributed by atoms with Gasteiger partial charge in [-0.05, 0) is 115 Å². The number of hydrogen-bond acceptors (Lipinski definition) is 2. The van der Waals surface area contributed by atoms with Crippen LogP contribution in [0.5, 0.6) is 0 Å². The lowest BCUT2D eigenvalue weighted by Crippen LogP contribution is -2.36. The van der Waals surface area contributed by atoms with Gasteiger partial charge in [0.15, 0.2) is 0 Å². The number of hydrogen-bond donors (Lipinski definition) is 0. The molecular weight excluding hydrogens is 821 g/mol. The third kappa shape index (κ3) is 5.17. The van der Waals surface area contributed by atoms with Crippen molar-refractivity contribution in [1.29, 1.82) is 0 Å². The van der Waals surface area contributed by atoms with Crippen LogP contribution >= 0.6 is 0 Å². The second-order valence-electron chi connectivity index (χ2n) is 18.3. The Kier molecular flexibility index (Phi) is 8.45. The third-order valence-electron chi connectivity index (χ3n) is 15.1. The molecule has 0 radical (unpaired) electrons. The molecular formula is C66H44N2. The molecule has 14 rings (SSSR count). The zero-order valence-electron chi connectivity index (χ0n) is 37.3. The topological polar surface area (TPSA) is 6.48 Å². The van der Waals surface area contributed by atoms with Gasteiger partial charge in [0.1, 0.15) is 0 Å². The van der Waals surface area contributed by atoms with Gasteiger partial charge in [-0.15, -0.1) is 0 Å². The number of para-hydroxylation sites is 3. The molecule has 2 heteroatoms. The minimum absolute atomic E-state index is 0.551. The molecule has 0 N–H and O–H groups in total. The molecule has 0 unspecified atom stereocenters. The number of anilines is 6. The van der Waals surface area contributed by atoms with E-state index in [1.807, 2.05) is 0 Å². The number of fused-ring (bicyclic) bond motifs is 13. The van der Waals surface area contributed by atoms with Crippen LogP contribution in [-0.2, 0) is 10.8 Å². The van der Waals surface area contributed by atoms with Crippen molar-refractivity contribution in [2.24, 2.45) is 0 Å². The maximum atomic E-state index is 2.57. The molecule has 0 fully saturated rings. The summed E-state index contributed by atoms with van der Waals surface area (Å²) in [7, 11) is 0. The SMILES string of the molecule is c1ccc(N2c3ccccc3C3(c4ccccc4-c4c(N(c5ccc6c(c5)C(c5ccccc5)(c5ccccc5)c5ccccc5-6)c5cccc6ccccc56)cccc43)c3ccccc32)cc1. The smallest absolute Gasteiger partial charge is 0.0755 e. The first-order valence-electron chi connectivity index (χ1n) is 23.7. The van der Waals surface area contributed by atoms with Crippen LogP contribution in [0.25, 0.3) is 33.0 Å². The number of rotatable bonds is 6. The van der Waals surface area contributed by atoms with E-state index in [9.17, 15) is 0 Å². The molecule has 1 spiro atoms. The largest absolute Gasteiger partial charge is 0.310 e. The van der Waals surface area contributed by atoms with Crippen LogP contribution in [0.3, 0.4) is 0 Å². The van der Waals surface area contributed by atoms with Gasteiger partial charge < -0.3 is 9.80 Å². The van der Waals surface area contributed by atoms with E-state index in [1.165, 1.54) is 88.9 Å². The summed E-state index contributed by atoms with van der Waals surface area (Å²) in [5.41, 5.74) is 21.0. The molecule has 0 bridgehead atoms. The van der Waals surface area contributed by atoms with E-state index in [-0.39, 0.29) is 0 Å². The third-order valence-corrected chi connectivity index (χ3v) is 15.1. The van der Waals surface area contributed by atoms with Crippen molar-refractivity contribution in [3.8, 4) is 22.3 Å². The highest BCUT2D eigenvalue weighted by atomic mass is 15.2. The van der Waals surface area contributed by atoms with Crippen molar-refractivity contribution >= 4 is 44.9 Å². The fourth-order valence-corrected chi connectivity index (χ4v) is 12.6. The second kappa shape index (κ2) is 14.9. The molecule has 1 aliphatic heterocycles. The van der Waals surface area contributed by atoms with Gasteiger partial charge in [0, 0.05) is 22.3 Å². The summed E-state index contributed by atoms with van der Waals surface area (Å²) in [4.78, 5) is 5.02. The highest BCUT2D eigenvalue weighted by Gasteiger charge is 2.53. The van der Waals surface area contributed by atoms with E-state index >= 15 is 0 Å². The number of nitrogens with zero attached hydrogens (tertiary/aromatic N) is 2. The van der Waals surface area contributed by atoms with Gasteiger partial charge in [-0.3, -0.25) is 0 Å². The van der Waals surface area contributed by atoms with Gasteiger partial charge in [0.05, 0.1) is 33.6 Å². The van der Waals surface area contributed by atoms with Crippen molar-refractivity contribution < 1.29 is 0 Å². The lowest BCUT2D eigenvalue weighted by molar-refractivity contribution is 0.752. The van der Waals surface area contributed by atoms with Gasteiger partial charge in [0.25, 0.3) is 0 Å². The van der Waals surface area contributed by atoms with Crippen molar-refractivity contribution in [2.45, 2.75) is 10.8 Å². The summed E-state index contributed by atoms with van der Waals surface area (Å²) >= 11 is 0. The zero-order chi connectivity index (χ0) is 44.8. The molecule has 0 saturated heterocycles. The van der Waals surface area contributed by atoms with Crippen molar-refractivity contribution in [1.82, 2.24) is 0 Å². The molecule has 68 heavy (non-hydrogen) atoms. The minimum Gasteiger partial charge on any atom is -0.310 e. The standard InChI is InChI=1S/C66H44N2/c1-4-24-46(25-5-1)65(47-26-6-2-7-27-47)54-33-14-12-31-51(54)52-43-42-49(44-59(52)65)68(60-40-20-23-45-22-10-11-30-50(45)60)63-41-21-37-58-64(63)53-32-13-15-34-55(53)66(58)56-35-16-18-38-61(56)67(48-28-8-3-9-29-48)62-39-19-17-36-57(62)66/h1-44H. The maximum absolute atomic E-state index is 2.57. The van der Waals surface area contributed by atoms with Crippen molar-refractivity contribution in [3.05, 3.63) is 311 Å². The molecule has 11 aromatic rings. The fraction of sp³-hybridized carbons (Fsp3) is 0.0303. The average molecular weight is 865 g/mol. The van der Waals surface area contributed by atoms with Gasteiger partial charge in [-0.2, -0.15) is 0 Å². The Labute approximate surface area is 397 Å². The Morgan fingerprint density at radius 1 is 0.309 bits per heavy atom. The lowest BCUT2D eigenvalue weighted by atomic mass is 9.64. The van der Waals surface area contributed by atoms with Gasteiger partial charge in [-0.1, -0.05) is 218 Å². The summed E-state index contributed by atoms with van der Waals surface area (Å²) < 4.78 is 0. The molecule has 3 aliphatic rings. The molecule has 2 aliphatic carbocycles. The highest BCUT2D eigenvalue weighted by Crippen LogP contribution is 2.66. The van der Waals surface area contributed by atoms with Crippen LogP contribution in [0.15, 0.2) is 267 Å². The monoisotopic (exact) mass is 864 g/mol. The van der Waals surface area contributed by atoms with Crippen LogP contribution in [0.4, 0.5) is 34.1 Å².